The summed E-state index contributed by atoms with van der Waals surface area (Å²) in [5, 5.41) is 6.80. The topological polar surface area (TPSA) is 50.4 Å². The van der Waals surface area contributed by atoms with E-state index in [2.05, 4.69) is 10.6 Å². The Morgan fingerprint density at radius 2 is 1.73 bits per heavy atom. The summed E-state index contributed by atoms with van der Waals surface area (Å²) in [6.07, 6.45) is 0. The van der Waals surface area contributed by atoms with Crippen molar-refractivity contribution in [1.29, 1.82) is 0 Å². The quantitative estimate of drug-likeness (QED) is 0.750. The number of amides is 2. The van der Waals surface area contributed by atoms with Crippen molar-refractivity contribution in [2.75, 3.05) is 18.5 Å². The smallest absolute Gasteiger partial charge is 0.319 e. The third-order valence-electron chi connectivity index (χ3n) is 2.57. The van der Waals surface area contributed by atoms with Gasteiger partial charge >= 0.3 is 6.03 Å². The van der Waals surface area contributed by atoms with E-state index >= 15 is 0 Å². The largest absolute Gasteiger partial charge is 0.492 e. The zero-order chi connectivity index (χ0) is 15.9. The Labute approximate surface area is 143 Å². The maximum atomic E-state index is 11.7. The molecule has 0 aromatic heterocycles. The van der Waals surface area contributed by atoms with Gasteiger partial charge in [-0.05, 0) is 36.4 Å². The molecule has 2 aromatic carbocycles. The number of hydrogen-bond donors (Lipinski definition) is 2. The Morgan fingerprint density at radius 1 is 1.00 bits per heavy atom. The second-order valence-electron chi connectivity index (χ2n) is 4.34. The first-order chi connectivity index (χ1) is 10.5. The molecule has 0 aliphatic heterocycles. The number of hydrogen-bond acceptors (Lipinski definition) is 2. The molecular formula is C15H13Cl3N2O2. The zero-order valence-electron chi connectivity index (χ0n) is 11.4. The molecule has 0 saturated heterocycles. The Kier molecular flexibility index (Phi) is 6.19. The molecule has 4 nitrogen and oxygen atoms in total. The monoisotopic (exact) mass is 358 g/mol. The molecule has 0 aliphatic rings. The summed E-state index contributed by atoms with van der Waals surface area (Å²) in [7, 11) is 0. The van der Waals surface area contributed by atoms with Crippen molar-refractivity contribution in [3.05, 3.63) is 57.5 Å². The van der Waals surface area contributed by atoms with E-state index in [9.17, 15) is 4.79 Å². The summed E-state index contributed by atoms with van der Waals surface area (Å²) in [6.45, 7) is 0.663. The molecule has 2 amide bonds. The minimum Gasteiger partial charge on any atom is -0.492 e. The highest BCUT2D eigenvalue weighted by molar-refractivity contribution is 6.35. The molecule has 0 bridgehead atoms. The van der Waals surface area contributed by atoms with E-state index in [4.69, 9.17) is 39.5 Å². The van der Waals surface area contributed by atoms with Crippen LogP contribution in [0.15, 0.2) is 42.5 Å². The van der Waals surface area contributed by atoms with Crippen molar-refractivity contribution >= 4 is 46.5 Å². The SMILES string of the molecule is O=C(NCCOc1cccc(Cl)c1)Nc1cc(Cl)cc(Cl)c1. The van der Waals surface area contributed by atoms with Crippen LogP contribution in [0.25, 0.3) is 0 Å². The lowest BCUT2D eigenvalue weighted by Crippen LogP contribution is -2.32. The fraction of sp³-hybridized carbons (Fsp3) is 0.133. The van der Waals surface area contributed by atoms with Gasteiger partial charge < -0.3 is 15.4 Å². The van der Waals surface area contributed by atoms with Gasteiger partial charge in [0.1, 0.15) is 12.4 Å². The Morgan fingerprint density at radius 3 is 2.41 bits per heavy atom. The Bertz CT molecular complexity index is 645. The molecule has 22 heavy (non-hydrogen) atoms. The highest BCUT2D eigenvalue weighted by Crippen LogP contribution is 2.22. The summed E-state index contributed by atoms with van der Waals surface area (Å²) in [5.74, 6) is 0.649. The molecule has 2 aromatic rings. The first-order valence-electron chi connectivity index (χ1n) is 6.42. The number of carbonyl (C=O) groups excluding carboxylic acids is 1. The van der Waals surface area contributed by atoms with Crippen molar-refractivity contribution < 1.29 is 9.53 Å². The lowest BCUT2D eigenvalue weighted by Gasteiger charge is -2.09. The van der Waals surface area contributed by atoms with E-state index in [0.717, 1.165) is 0 Å². The Balaban J connectivity index is 1.74. The summed E-state index contributed by atoms with van der Waals surface area (Å²) in [6, 6.07) is 11.5. The molecule has 2 rings (SSSR count). The fourth-order valence-electron chi connectivity index (χ4n) is 1.69. The van der Waals surface area contributed by atoms with Crippen molar-refractivity contribution in [2.45, 2.75) is 0 Å². The number of halogens is 3. The summed E-state index contributed by atoms with van der Waals surface area (Å²) < 4.78 is 5.46. The number of anilines is 1. The molecule has 0 aliphatic carbocycles. The number of urea groups is 1. The molecule has 0 spiro atoms. The Hall–Kier alpha value is -1.62. The summed E-state index contributed by atoms with van der Waals surface area (Å²) >= 11 is 17.6. The highest BCUT2D eigenvalue weighted by Gasteiger charge is 2.03. The number of ether oxygens (including phenoxy) is 1. The van der Waals surface area contributed by atoms with E-state index in [1.165, 1.54) is 0 Å². The van der Waals surface area contributed by atoms with Crippen LogP contribution in [0.5, 0.6) is 5.75 Å². The summed E-state index contributed by atoms with van der Waals surface area (Å²) in [4.78, 5) is 11.7. The van der Waals surface area contributed by atoms with Gasteiger partial charge in [0.05, 0.1) is 6.54 Å². The molecule has 116 valence electrons. The standard InChI is InChI=1S/C15H13Cl3N2O2/c16-10-2-1-3-14(9-10)22-5-4-19-15(21)20-13-7-11(17)6-12(18)8-13/h1-3,6-9H,4-5H2,(H2,19,20,21). The molecular weight excluding hydrogens is 347 g/mol. The second kappa shape index (κ2) is 8.13. The first-order valence-corrected chi connectivity index (χ1v) is 7.55. The average Bonchev–Trinajstić information content (AvgIpc) is 2.42. The lowest BCUT2D eigenvalue weighted by molar-refractivity contribution is 0.247. The predicted molar refractivity (Wildman–Crippen MR) is 90.4 cm³/mol. The molecule has 0 saturated carbocycles. The minimum atomic E-state index is -0.368. The average molecular weight is 360 g/mol. The van der Waals surface area contributed by atoms with E-state index in [1.807, 2.05) is 0 Å². The van der Waals surface area contributed by atoms with Crippen molar-refractivity contribution in [1.82, 2.24) is 5.32 Å². The third kappa shape index (κ3) is 5.64. The first kappa shape index (κ1) is 16.7. The second-order valence-corrected chi connectivity index (χ2v) is 5.65. The van der Waals surface area contributed by atoms with Crippen LogP contribution < -0.4 is 15.4 Å². The molecule has 2 N–H and O–H groups in total. The predicted octanol–water partition coefficient (Wildman–Crippen LogP) is 4.85. The van der Waals surface area contributed by atoms with Gasteiger partial charge in [-0.2, -0.15) is 0 Å². The van der Waals surface area contributed by atoms with Crippen molar-refractivity contribution in [3.63, 3.8) is 0 Å². The number of carbonyl (C=O) groups is 1. The summed E-state index contributed by atoms with van der Waals surface area (Å²) in [5.41, 5.74) is 0.519. The van der Waals surface area contributed by atoms with Gasteiger partial charge in [0, 0.05) is 20.8 Å². The van der Waals surface area contributed by atoms with Crippen LogP contribution in [0, 0.1) is 0 Å². The fourth-order valence-corrected chi connectivity index (χ4v) is 2.40. The van der Waals surface area contributed by atoms with Crippen LogP contribution in [0.1, 0.15) is 0 Å². The van der Waals surface area contributed by atoms with E-state index in [1.54, 1.807) is 42.5 Å². The van der Waals surface area contributed by atoms with E-state index in [0.29, 0.717) is 39.7 Å². The molecule has 0 fully saturated rings. The molecule has 0 unspecified atom stereocenters. The van der Waals surface area contributed by atoms with Crippen molar-refractivity contribution in [3.8, 4) is 5.75 Å². The maximum Gasteiger partial charge on any atom is 0.319 e. The van der Waals surface area contributed by atoms with Gasteiger partial charge in [-0.3, -0.25) is 0 Å². The minimum absolute atomic E-state index is 0.323. The van der Waals surface area contributed by atoms with Crippen LogP contribution in [0.4, 0.5) is 10.5 Å². The van der Waals surface area contributed by atoms with Gasteiger partial charge in [-0.25, -0.2) is 4.79 Å². The van der Waals surface area contributed by atoms with Crippen molar-refractivity contribution in [2.24, 2.45) is 0 Å². The van der Waals surface area contributed by atoms with Gasteiger partial charge in [0.2, 0.25) is 0 Å². The van der Waals surface area contributed by atoms with Crippen LogP contribution >= 0.6 is 34.8 Å². The number of benzene rings is 2. The van der Waals surface area contributed by atoms with Crippen LogP contribution in [-0.2, 0) is 0 Å². The molecule has 0 heterocycles. The van der Waals surface area contributed by atoms with Gasteiger partial charge in [-0.15, -0.1) is 0 Å². The molecule has 0 atom stereocenters. The van der Waals surface area contributed by atoms with Gasteiger partial charge in [0.25, 0.3) is 0 Å². The van der Waals surface area contributed by atoms with Crippen LogP contribution in [0.2, 0.25) is 15.1 Å². The zero-order valence-corrected chi connectivity index (χ0v) is 13.7. The van der Waals surface area contributed by atoms with Gasteiger partial charge in [0.15, 0.2) is 0 Å². The van der Waals surface area contributed by atoms with Gasteiger partial charge in [-0.1, -0.05) is 40.9 Å². The highest BCUT2D eigenvalue weighted by atomic mass is 35.5. The molecule has 7 heteroatoms. The number of rotatable bonds is 5. The lowest BCUT2D eigenvalue weighted by atomic mass is 10.3. The van der Waals surface area contributed by atoms with E-state index < -0.39 is 0 Å². The number of nitrogens with one attached hydrogen (secondary N) is 2. The molecule has 0 radical (unpaired) electrons. The normalized spacial score (nSPS) is 10.1. The maximum absolute atomic E-state index is 11.7. The third-order valence-corrected chi connectivity index (χ3v) is 3.24. The van der Waals surface area contributed by atoms with E-state index in [-0.39, 0.29) is 6.03 Å². The van der Waals surface area contributed by atoms with Crippen LogP contribution in [0.3, 0.4) is 0 Å². The van der Waals surface area contributed by atoms with Crippen LogP contribution in [-0.4, -0.2) is 19.2 Å².